The molecule has 0 bridgehead atoms. The molecule has 2 aromatic rings. The lowest BCUT2D eigenvalue weighted by molar-refractivity contribution is -0.157. The minimum absolute atomic E-state index is 0.0822. The van der Waals surface area contributed by atoms with Gasteiger partial charge in [0.15, 0.2) is 6.10 Å². The van der Waals surface area contributed by atoms with E-state index in [0.29, 0.717) is 0 Å². The van der Waals surface area contributed by atoms with Gasteiger partial charge in [-0.15, -0.1) is 0 Å². The van der Waals surface area contributed by atoms with Crippen molar-refractivity contribution in [3.63, 3.8) is 0 Å². The van der Waals surface area contributed by atoms with Crippen molar-refractivity contribution in [1.29, 1.82) is 0 Å². The zero-order valence-electron chi connectivity index (χ0n) is 18.8. The smallest absolute Gasteiger partial charge is 0.312 e. The van der Waals surface area contributed by atoms with Gasteiger partial charge in [-0.2, -0.15) is 0 Å². The first-order valence-corrected chi connectivity index (χ1v) is 10.7. The van der Waals surface area contributed by atoms with Crippen molar-refractivity contribution < 1.29 is 19.1 Å². The number of esters is 1. The molecule has 1 fully saturated rings. The molecular weight excluding hydrogens is 392 g/mol. The molecule has 1 aliphatic heterocycles. The molecule has 0 aliphatic carbocycles. The fourth-order valence-electron chi connectivity index (χ4n) is 3.95. The Morgan fingerprint density at radius 2 is 1.74 bits per heavy atom. The molecule has 0 aromatic heterocycles. The molecule has 1 heterocycles. The molecule has 0 saturated carbocycles. The van der Waals surface area contributed by atoms with E-state index < -0.39 is 18.0 Å². The first-order valence-electron chi connectivity index (χ1n) is 10.7. The fraction of sp³-hybridized carbons (Fsp3) is 0.400. The quantitative estimate of drug-likeness (QED) is 0.711. The van der Waals surface area contributed by atoms with E-state index in [-0.39, 0.29) is 24.8 Å². The first kappa shape index (κ1) is 22.5. The van der Waals surface area contributed by atoms with E-state index in [1.165, 1.54) is 5.56 Å². The van der Waals surface area contributed by atoms with Crippen LogP contribution in [0, 0.1) is 26.7 Å². The summed E-state index contributed by atoms with van der Waals surface area (Å²) < 4.78 is 5.41. The lowest BCUT2D eigenvalue weighted by Gasteiger charge is -2.19. The molecule has 1 aliphatic rings. The van der Waals surface area contributed by atoms with Crippen LogP contribution in [0.15, 0.2) is 36.4 Å². The van der Waals surface area contributed by atoms with Crippen LogP contribution >= 0.6 is 0 Å². The Hall–Kier alpha value is -3.15. The van der Waals surface area contributed by atoms with Crippen LogP contribution in [0.2, 0.25) is 0 Å². The van der Waals surface area contributed by atoms with Gasteiger partial charge in [0.25, 0.3) is 5.91 Å². The van der Waals surface area contributed by atoms with Crippen molar-refractivity contribution in [1.82, 2.24) is 0 Å². The Labute approximate surface area is 183 Å². The highest BCUT2D eigenvalue weighted by atomic mass is 16.5. The van der Waals surface area contributed by atoms with Gasteiger partial charge in [-0.25, -0.2) is 0 Å². The van der Waals surface area contributed by atoms with Crippen molar-refractivity contribution >= 4 is 29.2 Å². The number of carbonyl (C=O) groups is 3. The molecule has 0 spiro atoms. The number of carbonyl (C=O) groups excluding carboxylic acids is 3. The summed E-state index contributed by atoms with van der Waals surface area (Å²) >= 11 is 0. The summed E-state index contributed by atoms with van der Waals surface area (Å²) in [6.45, 7) is 9.73. The Balaban J connectivity index is 1.60. The number of nitrogens with one attached hydrogen (secondary N) is 1. The van der Waals surface area contributed by atoms with Gasteiger partial charge in [0.05, 0.1) is 5.92 Å². The largest absolute Gasteiger partial charge is 0.452 e. The second-order valence-corrected chi connectivity index (χ2v) is 8.27. The van der Waals surface area contributed by atoms with Crippen LogP contribution in [0.5, 0.6) is 0 Å². The van der Waals surface area contributed by atoms with Crippen LogP contribution in [0.1, 0.15) is 42.5 Å². The molecule has 2 amide bonds. The summed E-state index contributed by atoms with van der Waals surface area (Å²) in [6, 6.07) is 11.7. The average molecular weight is 423 g/mol. The highest BCUT2D eigenvalue weighted by Gasteiger charge is 2.37. The number of nitrogens with zero attached hydrogens (tertiary/aromatic N) is 1. The summed E-state index contributed by atoms with van der Waals surface area (Å²) in [6.07, 6.45) is 0.0458. The third kappa shape index (κ3) is 5.13. The molecule has 164 valence electrons. The molecule has 2 unspecified atom stereocenters. The van der Waals surface area contributed by atoms with Crippen LogP contribution in [-0.4, -0.2) is 30.4 Å². The Morgan fingerprint density at radius 1 is 1.13 bits per heavy atom. The average Bonchev–Trinajstić information content (AvgIpc) is 3.12. The van der Waals surface area contributed by atoms with Gasteiger partial charge in [0.2, 0.25) is 5.91 Å². The lowest BCUT2D eigenvalue weighted by atomic mass is 10.0. The van der Waals surface area contributed by atoms with Gasteiger partial charge in [0.1, 0.15) is 0 Å². The Bertz CT molecular complexity index is 974. The summed E-state index contributed by atoms with van der Waals surface area (Å²) in [5.74, 6) is -1.62. The van der Waals surface area contributed by atoms with Gasteiger partial charge in [-0.05, 0) is 62.9 Å². The van der Waals surface area contributed by atoms with Gasteiger partial charge < -0.3 is 15.0 Å². The van der Waals surface area contributed by atoms with Crippen LogP contribution in [0.3, 0.4) is 0 Å². The molecule has 6 heteroatoms. The molecular formula is C25H30N2O4. The standard InChI is InChI=1S/C25H30N2O4/c1-6-19-7-9-21(10-8-19)27-14-20(13-22(27)28)25(30)31-18(5)24(29)26-23-16(3)11-15(2)12-17(23)4/h7-12,18,20H,6,13-14H2,1-5H3,(H,26,29). The second kappa shape index (κ2) is 9.33. The number of benzene rings is 2. The van der Waals surface area contributed by atoms with E-state index >= 15 is 0 Å². The summed E-state index contributed by atoms with van der Waals surface area (Å²) in [5.41, 5.74) is 5.72. The number of amides is 2. The minimum Gasteiger partial charge on any atom is -0.452 e. The fourth-order valence-corrected chi connectivity index (χ4v) is 3.95. The van der Waals surface area contributed by atoms with Gasteiger partial charge >= 0.3 is 5.97 Å². The highest BCUT2D eigenvalue weighted by molar-refractivity contribution is 6.00. The summed E-state index contributed by atoms with van der Waals surface area (Å²) in [4.78, 5) is 39.3. The maximum Gasteiger partial charge on any atom is 0.312 e. The minimum atomic E-state index is -0.958. The van der Waals surface area contributed by atoms with Crippen LogP contribution in [-0.2, 0) is 25.5 Å². The predicted molar refractivity (Wildman–Crippen MR) is 121 cm³/mol. The predicted octanol–water partition coefficient (Wildman–Crippen LogP) is 4.10. The van der Waals surface area contributed by atoms with Crippen molar-refractivity contribution in [2.75, 3.05) is 16.8 Å². The van der Waals surface area contributed by atoms with Gasteiger partial charge in [0, 0.05) is 24.3 Å². The number of hydrogen-bond acceptors (Lipinski definition) is 4. The van der Waals surface area contributed by atoms with E-state index in [9.17, 15) is 14.4 Å². The third-order valence-electron chi connectivity index (χ3n) is 5.70. The monoisotopic (exact) mass is 422 g/mol. The highest BCUT2D eigenvalue weighted by Crippen LogP contribution is 2.27. The van der Waals surface area contributed by atoms with E-state index in [0.717, 1.165) is 34.5 Å². The van der Waals surface area contributed by atoms with Crippen molar-refractivity contribution in [3.05, 3.63) is 58.7 Å². The molecule has 1 N–H and O–H groups in total. The zero-order valence-corrected chi connectivity index (χ0v) is 18.8. The topological polar surface area (TPSA) is 75.7 Å². The van der Waals surface area contributed by atoms with Crippen LogP contribution < -0.4 is 10.2 Å². The molecule has 1 saturated heterocycles. The van der Waals surface area contributed by atoms with Crippen molar-refractivity contribution in [2.45, 2.75) is 53.6 Å². The molecule has 0 radical (unpaired) electrons. The number of hydrogen-bond donors (Lipinski definition) is 1. The Kier molecular flexibility index (Phi) is 6.78. The van der Waals surface area contributed by atoms with E-state index in [1.54, 1.807) is 11.8 Å². The van der Waals surface area contributed by atoms with E-state index in [1.807, 2.05) is 57.2 Å². The van der Waals surface area contributed by atoms with Crippen LogP contribution in [0.25, 0.3) is 0 Å². The molecule has 2 atom stereocenters. The van der Waals surface area contributed by atoms with E-state index in [2.05, 4.69) is 12.2 Å². The lowest BCUT2D eigenvalue weighted by Crippen LogP contribution is -2.33. The maximum absolute atomic E-state index is 12.6. The second-order valence-electron chi connectivity index (χ2n) is 8.27. The molecule has 6 nitrogen and oxygen atoms in total. The number of rotatable bonds is 6. The normalized spacial score (nSPS) is 16.9. The summed E-state index contributed by atoms with van der Waals surface area (Å²) in [7, 11) is 0. The van der Waals surface area contributed by atoms with Crippen LogP contribution in [0.4, 0.5) is 11.4 Å². The maximum atomic E-state index is 12.6. The van der Waals surface area contributed by atoms with Crippen molar-refractivity contribution in [3.8, 4) is 0 Å². The SMILES string of the molecule is CCc1ccc(N2CC(C(=O)OC(C)C(=O)Nc3c(C)cc(C)cc3C)CC2=O)cc1. The number of anilines is 2. The number of aryl methyl sites for hydroxylation is 4. The molecule has 2 aromatic carbocycles. The first-order chi connectivity index (χ1) is 14.7. The molecule has 3 rings (SSSR count). The third-order valence-corrected chi connectivity index (χ3v) is 5.70. The molecule has 31 heavy (non-hydrogen) atoms. The van der Waals surface area contributed by atoms with Gasteiger partial charge in [-0.3, -0.25) is 14.4 Å². The Morgan fingerprint density at radius 3 is 2.32 bits per heavy atom. The summed E-state index contributed by atoms with van der Waals surface area (Å²) in [5, 5.41) is 2.86. The van der Waals surface area contributed by atoms with Gasteiger partial charge in [-0.1, -0.05) is 36.8 Å². The zero-order chi connectivity index (χ0) is 22.7. The number of ether oxygens (including phenoxy) is 1. The van der Waals surface area contributed by atoms with Crippen molar-refractivity contribution in [2.24, 2.45) is 5.92 Å². The van der Waals surface area contributed by atoms with E-state index in [4.69, 9.17) is 4.74 Å².